The third kappa shape index (κ3) is 4.00. The van der Waals surface area contributed by atoms with Gasteiger partial charge in [-0.1, -0.05) is 29.3 Å². The number of nitrogens with one attached hydrogen (secondary N) is 1. The number of hydrogen-bond acceptors (Lipinski definition) is 3. The molecule has 0 spiro atoms. The normalized spacial score (nSPS) is 10.9. The third-order valence-corrected chi connectivity index (χ3v) is 3.93. The van der Waals surface area contributed by atoms with Gasteiger partial charge in [-0.25, -0.2) is 5.43 Å². The molecule has 0 saturated heterocycles. The average Bonchev–Trinajstić information content (AvgIpc) is 2.43. The highest BCUT2D eigenvalue weighted by molar-refractivity contribution is 9.10. The maximum Gasteiger partial charge on any atom is 0.272 e. The van der Waals surface area contributed by atoms with Crippen molar-refractivity contribution >= 4 is 51.3 Å². The lowest BCUT2D eigenvalue weighted by Gasteiger charge is -2.04. The molecule has 0 radical (unpaired) electrons. The van der Waals surface area contributed by atoms with Crippen molar-refractivity contribution in [1.82, 2.24) is 5.43 Å². The predicted octanol–water partition coefficient (Wildman–Crippen LogP) is 4.53. The van der Waals surface area contributed by atoms with Crippen LogP contribution in [0.15, 0.2) is 39.9 Å². The van der Waals surface area contributed by atoms with Crippen LogP contribution < -0.4 is 5.43 Å². The van der Waals surface area contributed by atoms with Gasteiger partial charge >= 0.3 is 0 Å². The van der Waals surface area contributed by atoms with Crippen molar-refractivity contribution in [2.45, 2.75) is 6.92 Å². The van der Waals surface area contributed by atoms with Crippen molar-refractivity contribution in [3.05, 3.63) is 61.5 Å². The Bertz CT molecular complexity index is 763. The number of hydrogen-bond donors (Lipinski definition) is 2. The standard InChI is InChI=1S/C15H11BrCl2N2O2/c1-8-2-3-11(13(18)4-8)15(22)20-19-7-9-5-10(17)6-12(16)14(9)21/h2-7,21H,1H3,(H,20,22)/b19-7-. The van der Waals surface area contributed by atoms with Gasteiger partial charge in [0.25, 0.3) is 5.91 Å². The van der Waals surface area contributed by atoms with Gasteiger partial charge in [-0.15, -0.1) is 0 Å². The van der Waals surface area contributed by atoms with Gasteiger partial charge in [0.15, 0.2) is 0 Å². The van der Waals surface area contributed by atoms with Gasteiger partial charge in [-0.05, 0) is 52.7 Å². The second kappa shape index (κ2) is 7.13. The van der Waals surface area contributed by atoms with Crippen LogP contribution in [0.25, 0.3) is 0 Å². The molecule has 2 N–H and O–H groups in total. The Hall–Kier alpha value is -1.56. The lowest BCUT2D eigenvalue weighted by atomic mass is 10.1. The maximum atomic E-state index is 12.0. The minimum absolute atomic E-state index is 0.0178. The van der Waals surface area contributed by atoms with Crippen LogP contribution in [0, 0.1) is 6.92 Å². The number of benzene rings is 2. The number of carbonyl (C=O) groups excluding carboxylic acids is 1. The van der Waals surface area contributed by atoms with E-state index in [2.05, 4.69) is 26.5 Å². The molecule has 22 heavy (non-hydrogen) atoms. The highest BCUT2D eigenvalue weighted by Crippen LogP contribution is 2.30. The summed E-state index contributed by atoms with van der Waals surface area (Å²) in [4.78, 5) is 12.0. The first-order chi connectivity index (χ1) is 10.4. The zero-order chi connectivity index (χ0) is 16.3. The van der Waals surface area contributed by atoms with E-state index in [0.29, 0.717) is 25.6 Å². The Labute approximate surface area is 145 Å². The van der Waals surface area contributed by atoms with Gasteiger partial charge in [0.1, 0.15) is 5.75 Å². The van der Waals surface area contributed by atoms with E-state index in [1.54, 1.807) is 24.3 Å². The number of rotatable bonds is 3. The second-order valence-corrected chi connectivity index (χ2v) is 6.21. The summed E-state index contributed by atoms with van der Waals surface area (Å²) in [7, 11) is 0. The van der Waals surface area contributed by atoms with Gasteiger partial charge in [0.2, 0.25) is 0 Å². The van der Waals surface area contributed by atoms with Gasteiger partial charge in [0, 0.05) is 10.6 Å². The maximum absolute atomic E-state index is 12.0. The molecular formula is C15H11BrCl2N2O2. The highest BCUT2D eigenvalue weighted by Gasteiger charge is 2.10. The molecular weight excluding hydrogens is 391 g/mol. The van der Waals surface area contributed by atoms with Gasteiger partial charge in [-0.2, -0.15) is 5.10 Å². The largest absolute Gasteiger partial charge is 0.506 e. The van der Waals surface area contributed by atoms with E-state index in [1.807, 2.05) is 6.92 Å². The molecule has 0 aromatic heterocycles. The number of nitrogens with zero attached hydrogens (tertiary/aromatic N) is 1. The summed E-state index contributed by atoms with van der Waals surface area (Å²) in [5, 5.41) is 14.4. The molecule has 0 atom stereocenters. The number of carbonyl (C=O) groups is 1. The number of amides is 1. The first-order valence-corrected chi connectivity index (χ1v) is 7.71. The molecule has 0 bridgehead atoms. The highest BCUT2D eigenvalue weighted by atomic mass is 79.9. The minimum atomic E-state index is -0.443. The molecule has 4 nitrogen and oxygen atoms in total. The fourth-order valence-corrected chi connectivity index (χ4v) is 2.86. The number of hydrazone groups is 1. The Balaban J connectivity index is 2.14. The number of phenolic OH excluding ortho intramolecular Hbond substituents is 1. The van der Waals surface area contributed by atoms with E-state index in [-0.39, 0.29) is 5.75 Å². The smallest absolute Gasteiger partial charge is 0.272 e. The van der Waals surface area contributed by atoms with Crippen molar-refractivity contribution in [2.75, 3.05) is 0 Å². The topological polar surface area (TPSA) is 61.7 Å². The molecule has 0 aliphatic heterocycles. The number of aryl methyl sites for hydroxylation is 1. The molecule has 1 amide bonds. The molecule has 2 aromatic rings. The summed E-state index contributed by atoms with van der Waals surface area (Å²) in [6.45, 7) is 1.88. The number of halogens is 3. The fourth-order valence-electron chi connectivity index (χ4n) is 1.71. The summed E-state index contributed by atoms with van der Waals surface area (Å²) in [5.41, 5.74) is 4.00. The zero-order valence-corrected chi connectivity index (χ0v) is 14.5. The fraction of sp³-hybridized carbons (Fsp3) is 0.0667. The SMILES string of the molecule is Cc1ccc(C(=O)N/N=C\c2cc(Cl)cc(Br)c2O)c(Cl)c1. The Morgan fingerprint density at radius 2 is 2.05 bits per heavy atom. The van der Waals surface area contributed by atoms with Crippen molar-refractivity contribution < 1.29 is 9.90 Å². The molecule has 0 aliphatic rings. The van der Waals surface area contributed by atoms with Gasteiger partial charge in [-0.3, -0.25) is 4.79 Å². The second-order valence-electron chi connectivity index (χ2n) is 4.51. The minimum Gasteiger partial charge on any atom is -0.506 e. The van der Waals surface area contributed by atoms with Crippen LogP contribution in [0.3, 0.4) is 0 Å². The van der Waals surface area contributed by atoms with Crippen LogP contribution in [-0.2, 0) is 0 Å². The quantitative estimate of drug-likeness (QED) is 0.586. The molecule has 0 aliphatic carbocycles. The lowest BCUT2D eigenvalue weighted by Crippen LogP contribution is -2.18. The van der Waals surface area contributed by atoms with Crippen LogP contribution in [0.5, 0.6) is 5.75 Å². The predicted molar refractivity (Wildman–Crippen MR) is 92.1 cm³/mol. The van der Waals surface area contributed by atoms with Crippen molar-refractivity contribution in [3.8, 4) is 5.75 Å². The van der Waals surface area contributed by atoms with Crippen LogP contribution >= 0.6 is 39.1 Å². The van der Waals surface area contributed by atoms with Gasteiger partial charge < -0.3 is 5.11 Å². The molecule has 7 heteroatoms. The van der Waals surface area contributed by atoms with Gasteiger partial charge in [0.05, 0.1) is 21.3 Å². The first kappa shape index (κ1) is 16.8. The van der Waals surface area contributed by atoms with E-state index in [0.717, 1.165) is 5.56 Å². The van der Waals surface area contributed by atoms with Crippen molar-refractivity contribution in [2.24, 2.45) is 5.10 Å². The molecule has 114 valence electrons. The molecule has 2 aromatic carbocycles. The molecule has 2 rings (SSSR count). The monoisotopic (exact) mass is 400 g/mol. The van der Waals surface area contributed by atoms with Crippen LogP contribution in [0.1, 0.15) is 21.5 Å². The Kier molecular flexibility index (Phi) is 5.45. The van der Waals surface area contributed by atoms with Crippen LogP contribution in [-0.4, -0.2) is 17.2 Å². The van der Waals surface area contributed by atoms with Crippen LogP contribution in [0.2, 0.25) is 10.0 Å². The Morgan fingerprint density at radius 3 is 2.73 bits per heavy atom. The van der Waals surface area contributed by atoms with E-state index < -0.39 is 5.91 Å². The van der Waals surface area contributed by atoms with E-state index >= 15 is 0 Å². The molecule has 0 fully saturated rings. The lowest BCUT2D eigenvalue weighted by molar-refractivity contribution is 0.0955. The summed E-state index contributed by atoms with van der Waals surface area (Å²) in [6, 6.07) is 8.18. The summed E-state index contributed by atoms with van der Waals surface area (Å²) < 4.78 is 0.439. The first-order valence-electron chi connectivity index (χ1n) is 6.16. The van der Waals surface area contributed by atoms with E-state index in [1.165, 1.54) is 12.3 Å². The van der Waals surface area contributed by atoms with Crippen LogP contribution in [0.4, 0.5) is 0 Å². The molecule has 0 unspecified atom stereocenters. The number of aromatic hydroxyl groups is 1. The summed E-state index contributed by atoms with van der Waals surface area (Å²) in [6.07, 6.45) is 1.30. The van der Waals surface area contributed by atoms with Crippen molar-refractivity contribution in [3.63, 3.8) is 0 Å². The Morgan fingerprint density at radius 1 is 1.32 bits per heavy atom. The molecule has 0 heterocycles. The average molecular weight is 402 g/mol. The number of phenols is 1. The van der Waals surface area contributed by atoms with E-state index in [4.69, 9.17) is 23.2 Å². The summed E-state index contributed by atoms with van der Waals surface area (Å²) in [5.74, 6) is -0.461. The third-order valence-electron chi connectivity index (χ3n) is 2.80. The zero-order valence-electron chi connectivity index (χ0n) is 11.4. The van der Waals surface area contributed by atoms with E-state index in [9.17, 15) is 9.90 Å². The van der Waals surface area contributed by atoms with Crippen molar-refractivity contribution in [1.29, 1.82) is 0 Å². The summed E-state index contributed by atoms with van der Waals surface area (Å²) >= 11 is 15.1. The molecule has 0 saturated carbocycles.